The maximum absolute atomic E-state index is 5.81. The van der Waals surface area contributed by atoms with Crippen molar-refractivity contribution in [2.24, 2.45) is 5.73 Å². The van der Waals surface area contributed by atoms with E-state index in [4.69, 9.17) is 10.5 Å². The maximum atomic E-state index is 5.81. The van der Waals surface area contributed by atoms with E-state index in [1.165, 1.54) is 0 Å². The maximum Gasteiger partial charge on any atom is 0.138 e. The van der Waals surface area contributed by atoms with E-state index in [1.807, 2.05) is 19.1 Å². The number of ether oxygens (including phenoxy) is 1. The highest BCUT2D eigenvalue weighted by Gasteiger charge is 2.49. The zero-order chi connectivity index (χ0) is 8.60. The summed E-state index contributed by atoms with van der Waals surface area (Å²) in [5.41, 5.74) is 5.68. The summed E-state index contributed by atoms with van der Waals surface area (Å²) in [5.74, 6) is 0.802. The molecule has 1 aromatic heterocycles. The molecule has 3 heteroatoms. The van der Waals surface area contributed by atoms with E-state index in [0.29, 0.717) is 0 Å². The van der Waals surface area contributed by atoms with E-state index in [2.05, 4.69) is 4.98 Å². The minimum absolute atomic E-state index is 0.129. The van der Waals surface area contributed by atoms with Crippen molar-refractivity contribution in [3.8, 4) is 5.75 Å². The summed E-state index contributed by atoms with van der Waals surface area (Å²) >= 11 is 0. The molecule has 2 unspecified atom stereocenters. The Morgan fingerprint density at radius 2 is 2.50 bits per heavy atom. The molecule has 2 rings (SSSR count). The summed E-state index contributed by atoms with van der Waals surface area (Å²) in [5, 5.41) is 0. The van der Waals surface area contributed by atoms with Crippen molar-refractivity contribution in [1.82, 2.24) is 4.98 Å². The van der Waals surface area contributed by atoms with Crippen molar-refractivity contribution in [2.45, 2.75) is 25.0 Å². The van der Waals surface area contributed by atoms with Gasteiger partial charge in [0.1, 0.15) is 11.9 Å². The number of hydrogen-bond acceptors (Lipinski definition) is 3. The summed E-state index contributed by atoms with van der Waals surface area (Å²) in [4.78, 5) is 3.95. The van der Waals surface area contributed by atoms with Crippen molar-refractivity contribution in [2.75, 3.05) is 0 Å². The molecule has 0 amide bonds. The van der Waals surface area contributed by atoms with Crippen LogP contribution in [-0.4, -0.2) is 16.6 Å². The zero-order valence-corrected chi connectivity index (χ0v) is 7.03. The van der Waals surface area contributed by atoms with E-state index >= 15 is 0 Å². The van der Waals surface area contributed by atoms with Gasteiger partial charge < -0.3 is 10.5 Å². The van der Waals surface area contributed by atoms with Crippen molar-refractivity contribution in [3.05, 3.63) is 24.5 Å². The van der Waals surface area contributed by atoms with Crippen LogP contribution in [0.5, 0.6) is 5.75 Å². The van der Waals surface area contributed by atoms with Crippen LogP contribution in [0.3, 0.4) is 0 Å². The van der Waals surface area contributed by atoms with Gasteiger partial charge in [0.05, 0.1) is 11.7 Å². The Labute approximate surface area is 71.6 Å². The van der Waals surface area contributed by atoms with Gasteiger partial charge in [0.15, 0.2) is 0 Å². The van der Waals surface area contributed by atoms with Crippen molar-refractivity contribution in [3.63, 3.8) is 0 Å². The Bertz CT molecular complexity index is 271. The Kier molecular flexibility index (Phi) is 1.54. The van der Waals surface area contributed by atoms with Crippen LogP contribution >= 0.6 is 0 Å². The molecule has 1 aromatic rings. The van der Waals surface area contributed by atoms with Crippen LogP contribution in [0.15, 0.2) is 24.5 Å². The first-order valence-electron chi connectivity index (χ1n) is 4.04. The van der Waals surface area contributed by atoms with Gasteiger partial charge in [-0.2, -0.15) is 0 Å². The topological polar surface area (TPSA) is 48.1 Å². The fraction of sp³-hybridized carbons (Fsp3) is 0.444. The Hall–Kier alpha value is -1.09. The molecule has 0 spiro atoms. The molecule has 2 N–H and O–H groups in total. The number of nitrogens with two attached hydrogens (primary N) is 1. The first-order valence-corrected chi connectivity index (χ1v) is 4.04. The second-order valence-corrected chi connectivity index (χ2v) is 3.51. The quantitative estimate of drug-likeness (QED) is 0.708. The first kappa shape index (κ1) is 7.55. The molecule has 1 aliphatic carbocycles. The van der Waals surface area contributed by atoms with Crippen LogP contribution in [0.25, 0.3) is 0 Å². The number of aromatic nitrogens is 1. The van der Waals surface area contributed by atoms with Crippen molar-refractivity contribution >= 4 is 0 Å². The standard InChI is InChI=1S/C9H12N2O/c1-9(10)5-8(9)12-7-3-2-4-11-6-7/h2-4,6,8H,5,10H2,1H3. The van der Waals surface area contributed by atoms with Crippen LogP contribution in [0.1, 0.15) is 13.3 Å². The van der Waals surface area contributed by atoms with Gasteiger partial charge in [-0.15, -0.1) is 0 Å². The minimum Gasteiger partial charge on any atom is -0.487 e. The second kappa shape index (κ2) is 2.45. The van der Waals surface area contributed by atoms with Gasteiger partial charge in [0.25, 0.3) is 0 Å². The van der Waals surface area contributed by atoms with Crippen LogP contribution < -0.4 is 10.5 Å². The van der Waals surface area contributed by atoms with E-state index in [9.17, 15) is 0 Å². The molecule has 0 aliphatic heterocycles. The largest absolute Gasteiger partial charge is 0.487 e. The first-order chi connectivity index (χ1) is 5.68. The molecule has 0 aromatic carbocycles. The summed E-state index contributed by atoms with van der Waals surface area (Å²) in [6.45, 7) is 1.99. The lowest BCUT2D eigenvalue weighted by molar-refractivity contribution is 0.277. The van der Waals surface area contributed by atoms with Gasteiger partial charge in [0.2, 0.25) is 0 Å². The van der Waals surface area contributed by atoms with Crippen LogP contribution in [-0.2, 0) is 0 Å². The molecular formula is C9H12N2O. The molecule has 0 bridgehead atoms. The third-order valence-electron chi connectivity index (χ3n) is 2.11. The van der Waals surface area contributed by atoms with E-state index in [0.717, 1.165) is 12.2 Å². The highest BCUT2D eigenvalue weighted by molar-refractivity contribution is 5.20. The lowest BCUT2D eigenvalue weighted by atomic mass is 10.3. The van der Waals surface area contributed by atoms with Gasteiger partial charge in [-0.05, 0) is 19.1 Å². The molecule has 3 nitrogen and oxygen atoms in total. The Balaban J connectivity index is 1.98. The monoisotopic (exact) mass is 164 g/mol. The smallest absolute Gasteiger partial charge is 0.138 e. The number of hydrogen-bond donors (Lipinski definition) is 1. The average Bonchev–Trinajstić information content (AvgIpc) is 2.61. The summed E-state index contributed by atoms with van der Waals surface area (Å²) in [7, 11) is 0. The predicted molar refractivity (Wildman–Crippen MR) is 45.9 cm³/mol. The second-order valence-electron chi connectivity index (χ2n) is 3.51. The molecule has 0 radical (unpaired) electrons. The van der Waals surface area contributed by atoms with Crippen LogP contribution in [0, 0.1) is 0 Å². The average molecular weight is 164 g/mol. The lowest BCUT2D eigenvalue weighted by Crippen LogP contribution is -2.24. The van der Waals surface area contributed by atoms with Crippen LogP contribution in [0.4, 0.5) is 0 Å². The number of nitrogens with zero attached hydrogens (tertiary/aromatic N) is 1. The molecule has 1 saturated carbocycles. The minimum atomic E-state index is -0.129. The molecule has 1 fully saturated rings. The Morgan fingerprint density at radius 3 is 3.00 bits per heavy atom. The lowest BCUT2D eigenvalue weighted by Gasteiger charge is -2.06. The summed E-state index contributed by atoms with van der Waals surface area (Å²) < 4.78 is 5.55. The highest BCUT2D eigenvalue weighted by Crippen LogP contribution is 2.36. The molecule has 1 aliphatic rings. The van der Waals surface area contributed by atoms with E-state index < -0.39 is 0 Å². The van der Waals surface area contributed by atoms with Gasteiger partial charge in [0, 0.05) is 12.6 Å². The summed E-state index contributed by atoms with van der Waals surface area (Å²) in [6, 6.07) is 3.74. The molecule has 0 saturated heterocycles. The zero-order valence-electron chi connectivity index (χ0n) is 7.03. The van der Waals surface area contributed by atoms with Crippen molar-refractivity contribution < 1.29 is 4.74 Å². The third-order valence-corrected chi connectivity index (χ3v) is 2.11. The van der Waals surface area contributed by atoms with Gasteiger partial charge in [-0.25, -0.2) is 0 Å². The SMILES string of the molecule is CC1(N)CC1Oc1cccnc1. The molecule has 64 valence electrons. The van der Waals surface area contributed by atoms with Crippen LogP contribution in [0.2, 0.25) is 0 Å². The normalized spacial score (nSPS) is 33.0. The Morgan fingerprint density at radius 1 is 1.75 bits per heavy atom. The highest BCUT2D eigenvalue weighted by atomic mass is 16.5. The third kappa shape index (κ3) is 1.41. The summed E-state index contributed by atoms with van der Waals surface area (Å²) in [6.07, 6.45) is 4.53. The molecule has 12 heavy (non-hydrogen) atoms. The molecular weight excluding hydrogens is 152 g/mol. The van der Waals surface area contributed by atoms with Crippen molar-refractivity contribution in [1.29, 1.82) is 0 Å². The fourth-order valence-electron chi connectivity index (χ4n) is 1.10. The fourth-order valence-corrected chi connectivity index (χ4v) is 1.10. The molecule has 1 heterocycles. The molecule has 2 atom stereocenters. The van der Waals surface area contributed by atoms with Gasteiger partial charge >= 0.3 is 0 Å². The predicted octanol–water partition coefficient (Wildman–Crippen LogP) is 0.950. The van der Waals surface area contributed by atoms with Gasteiger partial charge in [-0.1, -0.05) is 0 Å². The number of pyridine rings is 1. The van der Waals surface area contributed by atoms with Gasteiger partial charge in [-0.3, -0.25) is 4.98 Å². The number of rotatable bonds is 2. The van der Waals surface area contributed by atoms with E-state index in [-0.39, 0.29) is 11.6 Å². The van der Waals surface area contributed by atoms with E-state index in [1.54, 1.807) is 12.4 Å².